The van der Waals surface area contributed by atoms with Gasteiger partial charge in [0.1, 0.15) is 6.04 Å². The number of aliphatic hydroxyl groups is 1. The van der Waals surface area contributed by atoms with Gasteiger partial charge < -0.3 is 40.2 Å². The van der Waals surface area contributed by atoms with Crippen molar-refractivity contribution < 1.29 is 33.8 Å². The summed E-state index contributed by atoms with van der Waals surface area (Å²) in [5, 5.41) is 24.9. The number of amides is 5. The van der Waals surface area contributed by atoms with Crippen LogP contribution in [0, 0.1) is 39.0 Å². The first-order chi connectivity index (χ1) is 40.2. The molecule has 3 aromatic carbocycles. The number of thiazole rings is 1. The lowest BCUT2D eigenvalue weighted by atomic mass is 9.80. The minimum absolute atomic E-state index is 0.0195. The Morgan fingerprint density at radius 1 is 0.905 bits per heavy atom. The van der Waals surface area contributed by atoms with Crippen molar-refractivity contribution >= 4 is 52.8 Å². The number of carbonyl (C=O) groups excluding carboxylic acids is 5. The van der Waals surface area contributed by atoms with E-state index in [2.05, 4.69) is 83.0 Å². The quantitative estimate of drug-likeness (QED) is 0.0611. The van der Waals surface area contributed by atoms with Crippen molar-refractivity contribution in [3.63, 3.8) is 0 Å². The van der Waals surface area contributed by atoms with Gasteiger partial charge in [0.05, 0.1) is 40.8 Å². The van der Waals surface area contributed by atoms with Crippen LogP contribution in [0.1, 0.15) is 113 Å². The molecule has 84 heavy (non-hydrogen) atoms. The summed E-state index contributed by atoms with van der Waals surface area (Å²) in [7, 11) is 0. The molecule has 3 saturated heterocycles. The van der Waals surface area contributed by atoms with E-state index in [1.54, 1.807) is 16.2 Å². The largest absolute Gasteiger partial charge is 0.391 e. The fourth-order valence-electron chi connectivity index (χ4n) is 11.5. The molecule has 0 bridgehead atoms. The molecule has 444 valence electrons. The molecule has 3 aromatic heterocycles. The number of anilines is 1. The Labute approximate surface area is 494 Å². The Bertz CT molecular complexity index is 3420. The highest BCUT2D eigenvalue weighted by atomic mass is 32.1. The smallest absolute Gasteiger partial charge is 0.276 e. The van der Waals surface area contributed by atoms with Crippen LogP contribution in [0.15, 0.2) is 88.2 Å². The van der Waals surface area contributed by atoms with Crippen molar-refractivity contribution in [3.05, 3.63) is 139 Å². The highest BCUT2D eigenvalue weighted by Gasteiger charge is 2.43. The predicted molar refractivity (Wildman–Crippen MR) is 324 cm³/mol. The molecule has 0 aliphatic carbocycles. The molecule has 20 nitrogen and oxygen atoms in total. The van der Waals surface area contributed by atoms with Crippen LogP contribution in [0.5, 0.6) is 0 Å². The van der Waals surface area contributed by atoms with Gasteiger partial charge in [0.2, 0.25) is 17.7 Å². The summed E-state index contributed by atoms with van der Waals surface area (Å²) in [6.07, 6.45) is 3.81. The van der Waals surface area contributed by atoms with E-state index in [1.807, 2.05) is 90.4 Å². The summed E-state index contributed by atoms with van der Waals surface area (Å²) in [6.45, 7) is 21.0. The fraction of sp³-hybridized carbons (Fsp3) is 0.460. The molecular weight excluding hydrogens is 1080 g/mol. The Hall–Kier alpha value is -7.72. The van der Waals surface area contributed by atoms with Gasteiger partial charge in [-0.25, -0.2) is 9.98 Å². The van der Waals surface area contributed by atoms with Crippen molar-refractivity contribution in [1.29, 1.82) is 0 Å². The van der Waals surface area contributed by atoms with E-state index in [-0.39, 0.29) is 74.0 Å². The van der Waals surface area contributed by atoms with Gasteiger partial charge in [-0.2, -0.15) is 0 Å². The lowest BCUT2D eigenvalue weighted by Crippen LogP contribution is -2.50. The second-order valence-corrected chi connectivity index (χ2v) is 24.3. The number of hydrogen-bond acceptors (Lipinski definition) is 14. The molecule has 3 fully saturated rings. The number of hydrogen-bond donors (Lipinski definition) is 4. The standard InChI is InChI=1S/C63H78N12O8S/c1-9-74(48-19-26-83-27-20-48)54-30-47(29-50(41(54)4)58(78)66-33-51-39(2)28-40(3)68-59(51)79)45-14-12-44(13-15-45)35-71-22-24-72(25-23-71)62(82)53-37-73(70-69-53)21-18-56(77)64-34-52(63(6,7)8)61(81)75-36-49(76)31-55(75)60(80)65-32-43-10-16-46(17-11-43)57-42(5)67-38-84-57/h10-17,28-30,34,37-38,48-49,52,55,76H,9,18-27,31-33,35-36H2,1-8H3,(H,65,80)(H,66,78)(H,68,79)/b64-34+/t49-,52?,55+/m1/s1. The summed E-state index contributed by atoms with van der Waals surface area (Å²) >= 11 is 1.57. The van der Waals surface area contributed by atoms with Crippen LogP contribution in [0.2, 0.25) is 0 Å². The zero-order valence-corrected chi connectivity index (χ0v) is 50.3. The third-order valence-corrected chi connectivity index (χ3v) is 17.3. The molecule has 5 amide bonds. The van der Waals surface area contributed by atoms with E-state index in [0.29, 0.717) is 57.1 Å². The molecule has 3 aliphatic rings. The number of benzene rings is 3. The summed E-state index contributed by atoms with van der Waals surface area (Å²) < 4.78 is 7.15. The molecule has 0 radical (unpaired) electrons. The number of aromatic nitrogens is 5. The van der Waals surface area contributed by atoms with Gasteiger partial charge in [-0.1, -0.05) is 74.5 Å². The maximum absolute atomic E-state index is 14.2. The zero-order chi connectivity index (χ0) is 59.8. The summed E-state index contributed by atoms with van der Waals surface area (Å²) in [5.74, 6) is -2.64. The van der Waals surface area contributed by atoms with Gasteiger partial charge in [-0.3, -0.25) is 38.3 Å². The topological polar surface area (TPSA) is 241 Å². The van der Waals surface area contributed by atoms with Crippen molar-refractivity contribution in [1.82, 2.24) is 50.3 Å². The lowest BCUT2D eigenvalue weighted by molar-refractivity contribution is -0.142. The van der Waals surface area contributed by atoms with Crippen LogP contribution in [0.25, 0.3) is 21.6 Å². The maximum atomic E-state index is 14.2. The zero-order valence-electron chi connectivity index (χ0n) is 49.4. The molecule has 4 N–H and O–H groups in total. The van der Waals surface area contributed by atoms with Crippen LogP contribution in [0.4, 0.5) is 5.69 Å². The number of aliphatic hydroxyl groups excluding tert-OH is 1. The number of aryl methyl sites for hydroxylation is 4. The number of nitrogens with one attached hydrogen (secondary N) is 3. The van der Waals surface area contributed by atoms with Gasteiger partial charge >= 0.3 is 0 Å². The average molecular weight is 1160 g/mol. The lowest BCUT2D eigenvalue weighted by Gasteiger charge is -2.37. The van der Waals surface area contributed by atoms with Gasteiger partial charge in [-0.05, 0) is 110 Å². The molecule has 6 heterocycles. The highest BCUT2D eigenvalue weighted by molar-refractivity contribution is 7.13. The third-order valence-electron chi connectivity index (χ3n) is 16.4. The van der Waals surface area contributed by atoms with Gasteiger partial charge in [0.15, 0.2) is 5.69 Å². The molecule has 0 spiro atoms. The Balaban J connectivity index is 0.762. The molecule has 1 unspecified atom stereocenters. The van der Waals surface area contributed by atoms with Crippen LogP contribution < -0.4 is 21.1 Å². The molecule has 0 saturated carbocycles. The number of likely N-dealkylation sites (tertiary alicyclic amines) is 1. The van der Waals surface area contributed by atoms with E-state index < -0.39 is 35.3 Å². The molecule has 3 aliphatic heterocycles. The second-order valence-electron chi connectivity index (χ2n) is 23.4. The predicted octanol–water partition coefficient (Wildman–Crippen LogP) is 6.81. The molecular formula is C63H78N12O8S. The SMILES string of the molecule is CCN(c1cc(-c2ccc(CN3CCN(C(=O)c4cn(CCC(=O)/N=C/C(C(=O)N5C[C@H](O)C[C@H]5C(=O)NCc5ccc(-c6scnc6C)cc5)C(C)(C)C)nn4)CC3)cc2)cc(C(=O)NCc2c(C)cc(C)[nH]c2=O)c1C)C1CCOCC1. The molecule has 9 rings (SSSR count). The molecule has 6 aromatic rings. The summed E-state index contributed by atoms with van der Waals surface area (Å²) in [5.41, 5.74) is 11.6. The van der Waals surface area contributed by atoms with Crippen LogP contribution in [-0.4, -0.2) is 151 Å². The van der Waals surface area contributed by atoms with E-state index in [9.17, 15) is 33.9 Å². The van der Waals surface area contributed by atoms with Gasteiger partial charge in [0.25, 0.3) is 17.4 Å². The summed E-state index contributed by atoms with van der Waals surface area (Å²) in [6, 6.07) is 21.7. The van der Waals surface area contributed by atoms with E-state index >= 15 is 0 Å². The monoisotopic (exact) mass is 1160 g/mol. The molecule has 3 atom stereocenters. The van der Waals surface area contributed by atoms with Crippen molar-refractivity contribution in [2.75, 3.05) is 57.4 Å². The third kappa shape index (κ3) is 14.6. The first kappa shape index (κ1) is 60.9. The Morgan fingerprint density at radius 2 is 1.61 bits per heavy atom. The van der Waals surface area contributed by atoms with Crippen molar-refractivity contribution in [3.8, 4) is 21.6 Å². The highest BCUT2D eigenvalue weighted by Crippen LogP contribution is 2.35. The van der Waals surface area contributed by atoms with Crippen LogP contribution in [0.3, 0.4) is 0 Å². The number of pyridine rings is 1. The summed E-state index contributed by atoms with van der Waals surface area (Å²) in [4.78, 5) is 102. The van der Waals surface area contributed by atoms with E-state index in [4.69, 9.17) is 4.74 Å². The van der Waals surface area contributed by atoms with Gasteiger partial charge in [-0.15, -0.1) is 16.4 Å². The Morgan fingerprint density at radius 3 is 2.27 bits per heavy atom. The first-order valence-corrected chi connectivity index (χ1v) is 29.9. The maximum Gasteiger partial charge on any atom is 0.276 e. The number of H-pyrrole nitrogens is 1. The first-order valence-electron chi connectivity index (χ1n) is 29.0. The number of rotatable bonds is 19. The number of β-amino-alcohol motifs (C(OH)–C–C–N with tert-alkyl or cyclic N) is 1. The van der Waals surface area contributed by atoms with Crippen LogP contribution >= 0.6 is 11.3 Å². The number of carbonyl (C=O) groups is 5. The minimum Gasteiger partial charge on any atom is -0.391 e. The average Bonchev–Trinajstić information content (AvgIpc) is 3.62. The number of piperazine rings is 1. The number of nitrogens with zero attached hydrogens (tertiary/aromatic N) is 9. The van der Waals surface area contributed by atoms with Crippen LogP contribution in [-0.2, 0) is 45.3 Å². The number of aromatic amines is 1. The number of ether oxygens (including phenoxy) is 1. The van der Waals surface area contributed by atoms with E-state index in [0.717, 1.165) is 80.3 Å². The normalized spacial score (nSPS) is 17.4. The Kier molecular flexibility index (Phi) is 19.5. The van der Waals surface area contributed by atoms with Crippen molar-refractivity contribution in [2.24, 2.45) is 16.3 Å². The molecule has 21 heteroatoms. The van der Waals surface area contributed by atoms with E-state index in [1.165, 1.54) is 22.0 Å². The van der Waals surface area contributed by atoms with Crippen molar-refractivity contribution in [2.45, 2.75) is 125 Å². The fourth-order valence-corrected chi connectivity index (χ4v) is 12.3. The second kappa shape index (κ2) is 26.9. The van der Waals surface area contributed by atoms with Gasteiger partial charge in [0, 0.05) is 120 Å². The number of aliphatic imine (C=N–C) groups is 1. The minimum atomic E-state index is -0.894.